The Hall–Kier alpha value is 1.06. The molecule has 0 aliphatic rings. The first-order chi connectivity index (χ1) is 1.73. The van der Waals surface area contributed by atoms with Crippen LogP contribution in [0.1, 0.15) is 0 Å². The van der Waals surface area contributed by atoms with Crippen molar-refractivity contribution in [1.29, 1.82) is 0 Å². The van der Waals surface area contributed by atoms with Crippen LogP contribution in [0.3, 0.4) is 0 Å². The van der Waals surface area contributed by atoms with Crippen LogP contribution in [0.4, 0.5) is 0 Å². The molecule has 0 atom stereocenters. The third-order valence-corrected chi connectivity index (χ3v) is 0. The van der Waals surface area contributed by atoms with Crippen molar-refractivity contribution in [3.05, 3.63) is 14.5 Å². The zero-order valence-corrected chi connectivity index (χ0v) is 7.62. The fourth-order valence-corrected chi connectivity index (χ4v) is 0. The minimum Gasteiger partial charge on any atom is -0.473 e. The molecule has 6 heavy (non-hydrogen) atoms. The van der Waals surface area contributed by atoms with Crippen LogP contribution in [0.5, 0.6) is 0 Å². The van der Waals surface area contributed by atoms with E-state index < -0.39 is 0 Å². The first-order valence-electron chi connectivity index (χ1n) is 1.35. The molecule has 0 saturated heterocycles. The monoisotopic (exact) mass is 163 g/mol. The largest absolute Gasteiger partial charge is 0.473 e. The normalized spacial score (nSPS) is 6.00. The SMILES string of the molecule is [CH2-][NH+](C)C.[CH3-].[Y]. The van der Waals surface area contributed by atoms with Gasteiger partial charge in [-0.15, -0.1) is 0 Å². The molecule has 0 heterocycles. The van der Waals surface area contributed by atoms with Gasteiger partial charge in [0.2, 0.25) is 0 Å². The van der Waals surface area contributed by atoms with Crippen molar-refractivity contribution in [1.82, 2.24) is 0 Å². The van der Waals surface area contributed by atoms with Crippen LogP contribution in [-0.2, 0) is 32.7 Å². The Balaban J connectivity index is -0.0000000450. The van der Waals surface area contributed by atoms with Crippen LogP contribution < -0.4 is 4.90 Å². The summed E-state index contributed by atoms with van der Waals surface area (Å²) in [4.78, 5) is 1.17. The average Bonchev–Trinajstić information content (AvgIpc) is 0.811. The Bertz CT molecular complexity index is 12.3. The van der Waals surface area contributed by atoms with Gasteiger partial charge in [0, 0.05) is 46.8 Å². The van der Waals surface area contributed by atoms with Crippen molar-refractivity contribution in [2.75, 3.05) is 14.1 Å². The predicted octanol–water partition coefficient (Wildman–Crippen LogP) is -0.630. The second-order valence-electron chi connectivity index (χ2n) is 1.21. The molecule has 0 aliphatic carbocycles. The van der Waals surface area contributed by atoms with Crippen LogP contribution in [0.15, 0.2) is 0 Å². The fourth-order valence-electron chi connectivity index (χ4n) is 0. The summed E-state index contributed by atoms with van der Waals surface area (Å²) in [6.07, 6.45) is 0. The summed E-state index contributed by atoms with van der Waals surface area (Å²) in [5.74, 6) is 0. The van der Waals surface area contributed by atoms with Gasteiger partial charge in [-0.1, -0.05) is 0 Å². The van der Waals surface area contributed by atoms with Gasteiger partial charge < -0.3 is 12.3 Å². The Morgan fingerprint density at radius 1 is 1.33 bits per heavy atom. The summed E-state index contributed by atoms with van der Waals surface area (Å²) >= 11 is 0. The molecule has 0 aliphatic heterocycles. The van der Waals surface area contributed by atoms with Gasteiger partial charge in [-0.2, -0.15) is 7.05 Å². The molecule has 0 amide bonds. The number of rotatable bonds is 0. The number of nitrogens with one attached hydrogen (secondary N) is 1. The summed E-state index contributed by atoms with van der Waals surface area (Å²) < 4.78 is 0. The van der Waals surface area contributed by atoms with Gasteiger partial charge >= 0.3 is 0 Å². The minimum atomic E-state index is 0. The number of hydrogen-bond donors (Lipinski definition) is 1. The third kappa shape index (κ3) is 73.9. The molecule has 0 aromatic rings. The van der Waals surface area contributed by atoms with Gasteiger partial charge in [0.15, 0.2) is 0 Å². The molecular formula is C4H12NY-. The standard InChI is InChI=1S/C3H9N.CH3.Y/c1-4(2)3;;/h4H,1H2,2-3H3;1H3;/q;-1;. The van der Waals surface area contributed by atoms with E-state index in [2.05, 4.69) is 7.05 Å². The van der Waals surface area contributed by atoms with E-state index in [0.29, 0.717) is 0 Å². The first kappa shape index (κ1) is 15.7. The Kier molecular flexibility index (Phi) is 24.7. The van der Waals surface area contributed by atoms with E-state index in [4.69, 9.17) is 0 Å². The van der Waals surface area contributed by atoms with E-state index in [1.165, 1.54) is 4.90 Å². The molecule has 2 heteroatoms. The Morgan fingerprint density at radius 2 is 1.33 bits per heavy atom. The zero-order chi connectivity index (χ0) is 3.58. The summed E-state index contributed by atoms with van der Waals surface area (Å²) in [6, 6.07) is 0. The Morgan fingerprint density at radius 3 is 1.33 bits per heavy atom. The number of quaternary nitrogens is 1. The van der Waals surface area contributed by atoms with Gasteiger partial charge in [0.1, 0.15) is 0 Å². The van der Waals surface area contributed by atoms with E-state index in [9.17, 15) is 0 Å². The maximum atomic E-state index is 3.56. The molecule has 0 saturated carbocycles. The van der Waals surface area contributed by atoms with Crippen LogP contribution in [0, 0.1) is 14.5 Å². The molecule has 0 aromatic carbocycles. The molecule has 0 rings (SSSR count). The summed E-state index contributed by atoms with van der Waals surface area (Å²) in [5, 5.41) is 0. The van der Waals surface area contributed by atoms with Gasteiger partial charge in [-0.05, 0) is 0 Å². The minimum absolute atomic E-state index is 0. The van der Waals surface area contributed by atoms with Crippen molar-refractivity contribution in [3.63, 3.8) is 0 Å². The van der Waals surface area contributed by atoms with Gasteiger partial charge in [-0.25, -0.2) is 0 Å². The average molecular weight is 163 g/mol. The topological polar surface area (TPSA) is 4.44 Å². The Labute approximate surface area is 66.0 Å². The predicted molar refractivity (Wildman–Crippen MR) is 24.6 cm³/mol. The molecule has 0 fully saturated rings. The fraction of sp³-hybridized carbons (Fsp3) is 0.500. The smallest absolute Gasteiger partial charge is 0.0421 e. The zero-order valence-electron chi connectivity index (χ0n) is 4.78. The van der Waals surface area contributed by atoms with Crippen LogP contribution in [0.2, 0.25) is 0 Å². The summed E-state index contributed by atoms with van der Waals surface area (Å²) in [6.45, 7) is 0. The second-order valence-corrected chi connectivity index (χ2v) is 1.21. The first-order valence-corrected chi connectivity index (χ1v) is 1.35. The van der Waals surface area contributed by atoms with Crippen molar-refractivity contribution in [2.45, 2.75) is 0 Å². The molecule has 1 radical (unpaired) electrons. The van der Waals surface area contributed by atoms with Crippen LogP contribution in [0.25, 0.3) is 0 Å². The third-order valence-electron chi connectivity index (χ3n) is 0. The van der Waals surface area contributed by atoms with Crippen molar-refractivity contribution >= 4 is 0 Å². The van der Waals surface area contributed by atoms with Gasteiger partial charge in [-0.3, -0.25) is 0 Å². The quantitative estimate of drug-likeness (QED) is 0.453. The maximum absolute atomic E-state index is 3.56. The maximum Gasteiger partial charge on any atom is 0.0421 e. The van der Waals surface area contributed by atoms with Crippen LogP contribution >= 0.6 is 0 Å². The van der Waals surface area contributed by atoms with Crippen molar-refractivity contribution < 1.29 is 37.6 Å². The molecule has 37 valence electrons. The molecule has 1 nitrogen and oxygen atoms in total. The number of hydrogen-bond acceptors (Lipinski definition) is 0. The molecule has 0 bridgehead atoms. The summed E-state index contributed by atoms with van der Waals surface area (Å²) in [7, 11) is 7.50. The molecule has 0 spiro atoms. The summed E-state index contributed by atoms with van der Waals surface area (Å²) in [5.41, 5.74) is 0. The molecule has 0 unspecified atom stereocenters. The van der Waals surface area contributed by atoms with Gasteiger partial charge in [0.05, 0.1) is 0 Å². The second kappa shape index (κ2) is 9.42. The van der Waals surface area contributed by atoms with Gasteiger partial charge in [0.25, 0.3) is 0 Å². The van der Waals surface area contributed by atoms with E-state index >= 15 is 0 Å². The molecule has 0 aromatic heterocycles. The van der Waals surface area contributed by atoms with E-state index in [1.807, 2.05) is 14.1 Å². The van der Waals surface area contributed by atoms with E-state index in [0.717, 1.165) is 0 Å². The molecular weight excluding hydrogens is 151 g/mol. The van der Waals surface area contributed by atoms with Crippen LogP contribution in [-0.4, -0.2) is 14.1 Å². The van der Waals surface area contributed by atoms with Crippen molar-refractivity contribution in [3.8, 4) is 0 Å². The van der Waals surface area contributed by atoms with E-state index in [1.54, 1.807) is 0 Å². The van der Waals surface area contributed by atoms with E-state index in [-0.39, 0.29) is 40.1 Å². The molecule has 1 N–H and O–H groups in total. The van der Waals surface area contributed by atoms with Crippen molar-refractivity contribution in [2.24, 2.45) is 0 Å².